The van der Waals surface area contributed by atoms with Gasteiger partial charge in [0.1, 0.15) is 36.3 Å². The Bertz CT molecular complexity index is 987. The Labute approximate surface area is 167 Å². The van der Waals surface area contributed by atoms with Crippen LogP contribution in [0, 0.1) is 5.92 Å². The van der Waals surface area contributed by atoms with Crippen molar-refractivity contribution in [2.45, 2.75) is 6.54 Å². The molecule has 1 aromatic carbocycles. The minimum absolute atomic E-state index is 0.00433. The molecule has 3 heterocycles. The molecule has 10 nitrogen and oxygen atoms in total. The normalized spacial score (nSPS) is 13.7. The minimum Gasteiger partial charge on any atom is -0.497 e. The summed E-state index contributed by atoms with van der Waals surface area (Å²) in [5, 5.41) is 7.04. The molecule has 0 saturated carbocycles. The lowest BCUT2D eigenvalue weighted by molar-refractivity contribution is -0.125. The molecule has 1 fully saturated rings. The van der Waals surface area contributed by atoms with Crippen molar-refractivity contribution in [3.63, 3.8) is 0 Å². The molecule has 3 aromatic rings. The predicted octanol–water partition coefficient (Wildman–Crippen LogP) is 0.827. The van der Waals surface area contributed by atoms with E-state index in [0.29, 0.717) is 37.0 Å². The van der Waals surface area contributed by atoms with Crippen molar-refractivity contribution in [1.82, 2.24) is 30.0 Å². The molecule has 2 aromatic heterocycles. The first-order valence-corrected chi connectivity index (χ1v) is 9.08. The molecular formula is C19H21N7O3. The maximum atomic E-state index is 12.5. The first-order valence-electron chi connectivity index (χ1n) is 9.08. The van der Waals surface area contributed by atoms with Gasteiger partial charge in [-0.2, -0.15) is 5.10 Å². The number of methoxy groups -OCH3 is 2. The van der Waals surface area contributed by atoms with Crippen molar-refractivity contribution in [3.8, 4) is 17.3 Å². The number of nitrogens with zero attached hydrogens (tertiary/aromatic N) is 6. The number of amides is 1. The average Bonchev–Trinajstić information content (AvgIpc) is 3.26. The summed E-state index contributed by atoms with van der Waals surface area (Å²) in [6.45, 7) is 1.59. The highest BCUT2D eigenvalue weighted by molar-refractivity contribution is 5.81. The summed E-state index contributed by atoms with van der Waals surface area (Å²) in [7, 11) is 3.20. The van der Waals surface area contributed by atoms with Gasteiger partial charge in [0.25, 0.3) is 0 Å². The molecule has 0 aliphatic carbocycles. The van der Waals surface area contributed by atoms with Crippen LogP contribution in [0.2, 0.25) is 0 Å². The molecule has 1 saturated heterocycles. The molecule has 1 amide bonds. The smallest absolute Gasteiger partial charge is 0.226 e. The maximum absolute atomic E-state index is 12.5. The largest absolute Gasteiger partial charge is 0.497 e. The Hall–Kier alpha value is -3.69. The summed E-state index contributed by atoms with van der Waals surface area (Å²) in [5.41, 5.74) is 0.895. The van der Waals surface area contributed by atoms with E-state index in [-0.39, 0.29) is 11.8 Å². The zero-order valence-corrected chi connectivity index (χ0v) is 16.1. The Morgan fingerprint density at radius 1 is 1.14 bits per heavy atom. The van der Waals surface area contributed by atoms with E-state index < -0.39 is 0 Å². The molecule has 10 heteroatoms. The van der Waals surface area contributed by atoms with Gasteiger partial charge in [-0.3, -0.25) is 4.79 Å². The molecule has 29 heavy (non-hydrogen) atoms. The van der Waals surface area contributed by atoms with Crippen LogP contribution in [0.5, 0.6) is 11.5 Å². The van der Waals surface area contributed by atoms with E-state index in [4.69, 9.17) is 9.47 Å². The van der Waals surface area contributed by atoms with Crippen LogP contribution in [0.3, 0.4) is 0 Å². The van der Waals surface area contributed by atoms with Crippen molar-refractivity contribution in [1.29, 1.82) is 0 Å². The number of hydrogen-bond acceptors (Lipinski definition) is 8. The number of nitrogens with one attached hydrogen (secondary N) is 1. The van der Waals surface area contributed by atoms with E-state index in [2.05, 4.69) is 25.4 Å². The summed E-state index contributed by atoms with van der Waals surface area (Å²) in [6, 6.07) is 7.36. The van der Waals surface area contributed by atoms with Gasteiger partial charge < -0.3 is 19.7 Å². The number of ether oxygens (including phenoxy) is 2. The van der Waals surface area contributed by atoms with Crippen LogP contribution < -0.4 is 19.7 Å². The van der Waals surface area contributed by atoms with Crippen LogP contribution in [-0.4, -0.2) is 57.9 Å². The zero-order valence-electron chi connectivity index (χ0n) is 16.1. The van der Waals surface area contributed by atoms with Gasteiger partial charge in [0.05, 0.1) is 20.1 Å². The molecule has 1 aliphatic rings. The molecule has 0 radical (unpaired) electrons. The number of aromatic nitrogens is 5. The lowest BCUT2D eigenvalue weighted by Crippen LogP contribution is -2.54. The number of anilines is 1. The molecule has 0 atom stereocenters. The van der Waals surface area contributed by atoms with Crippen LogP contribution in [0.4, 0.5) is 5.82 Å². The van der Waals surface area contributed by atoms with Crippen molar-refractivity contribution in [3.05, 3.63) is 48.8 Å². The van der Waals surface area contributed by atoms with Gasteiger partial charge in [-0.05, 0) is 12.1 Å². The molecule has 1 aliphatic heterocycles. The van der Waals surface area contributed by atoms with Crippen LogP contribution in [-0.2, 0) is 11.3 Å². The summed E-state index contributed by atoms with van der Waals surface area (Å²) in [4.78, 5) is 26.9. The van der Waals surface area contributed by atoms with E-state index in [1.807, 2.05) is 23.1 Å². The Kier molecular flexibility index (Phi) is 5.23. The van der Waals surface area contributed by atoms with Crippen LogP contribution in [0.25, 0.3) is 5.82 Å². The van der Waals surface area contributed by atoms with Crippen molar-refractivity contribution < 1.29 is 14.3 Å². The van der Waals surface area contributed by atoms with Crippen LogP contribution in [0.1, 0.15) is 5.56 Å². The van der Waals surface area contributed by atoms with E-state index >= 15 is 0 Å². The molecule has 0 spiro atoms. The Morgan fingerprint density at radius 2 is 1.97 bits per heavy atom. The number of rotatable bonds is 7. The van der Waals surface area contributed by atoms with Crippen molar-refractivity contribution >= 4 is 11.7 Å². The fourth-order valence-corrected chi connectivity index (χ4v) is 3.12. The van der Waals surface area contributed by atoms with E-state index in [1.165, 1.54) is 12.7 Å². The van der Waals surface area contributed by atoms with Crippen molar-refractivity contribution in [2.75, 3.05) is 32.2 Å². The zero-order chi connectivity index (χ0) is 20.2. The minimum atomic E-state index is -0.0935. The molecule has 4 rings (SSSR count). The predicted molar refractivity (Wildman–Crippen MR) is 104 cm³/mol. The van der Waals surface area contributed by atoms with Gasteiger partial charge in [0.2, 0.25) is 5.91 Å². The third kappa shape index (κ3) is 3.96. The van der Waals surface area contributed by atoms with E-state index in [0.717, 1.165) is 11.4 Å². The molecule has 150 valence electrons. The van der Waals surface area contributed by atoms with Gasteiger partial charge in [0, 0.05) is 37.3 Å². The molecule has 0 bridgehead atoms. The molecule has 1 N–H and O–H groups in total. The van der Waals surface area contributed by atoms with Crippen LogP contribution in [0.15, 0.2) is 43.2 Å². The SMILES string of the molecule is COc1ccc(CNC(=O)C2CN(c3cc(-n4cncn4)ncn3)C2)c(OC)c1. The average molecular weight is 395 g/mol. The third-order valence-corrected chi connectivity index (χ3v) is 4.82. The summed E-state index contributed by atoms with van der Waals surface area (Å²) in [5.74, 6) is 2.69. The fraction of sp³-hybridized carbons (Fsp3) is 0.316. The first-order chi connectivity index (χ1) is 14.2. The second kappa shape index (κ2) is 8.13. The quantitative estimate of drug-likeness (QED) is 0.627. The highest BCUT2D eigenvalue weighted by Gasteiger charge is 2.33. The van der Waals surface area contributed by atoms with Gasteiger partial charge in [-0.25, -0.2) is 19.6 Å². The lowest BCUT2D eigenvalue weighted by atomic mass is 9.99. The van der Waals surface area contributed by atoms with E-state index in [1.54, 1.807) is 31.3 Å². The third-order valence-electron chi connectivity index (χ3n) is 4.82. The monoisotopic (exact) mass is 395 g/mol. The van der Waals surface area contributed by atoms with Gasteiger partial charge in [-0.15, -0.1) is 0 Å². The summed E-state index contributed by atoms with van der Waals surface area (Å²) < 4.78 is 12.1. The topological polar surface area (TPSA) is 107 Å². The molecule has 0 unspecified atom stereocenters. The highest BCUT2D eigenvalue weighted by atomic mass is 16.5. The standard InChI is InChI=1S/C19H21N7O3/c1-28-15-4-3-13(16(5-15)29-2)7-21-19(27)14-8-25(9-14)17-6-18(23-11-22-17)26-12-20-10-24-26/h3-6,10-12,14H,7-9H2,1-2H3,(H,21,27). The highest BCUT2D eigenvalue weighted by Crippen LogP contribution is 2.26. The van der Waals surface area contributed by atoms with E-state index in [9.17, 15) is 4.79 Å². The Balaban J connectivity index is 1.32. The fourth-order valence-electron chi connectivity index (χ4n) is 3.12. The van der Waals surface area contributed by atoms with Crippen LogP contribution >= 0.6 is 0 Å². The summed E-state index contributed by atoms with van der Waals surface area (Å²) >= 11 is 0. The number of carbonyl (C=O) groups is 1. The number of hydrogen-bond donors (Lipinski definition) is 1. The van der Waals surface area contributed by atoms with Gasteiger partial charge >= 0.3 is 0 Å². The van der Waals surface area contributed by atoms with Gasteiger partial charge in [-0.1, -0.05) is 0 Å². The van der Waals surface area contributed by atoms with Gasteiger partial charge in [0.15, 0.2) is 5.82 Å². The molecular weight excluding hydrogens is 374 g/mol. The number of benzene rings is 1. The Morgan fingerprint density at radius 3 is 2.69 bits per heavy atom. The lowest BCUT2D eigenvalue weighted by Gasteiger charge is -2.39. The van der Waals surface area contributed by atoms with Crippen molar-refractivity contribution in [2.24, 2.45) is 5.92 Å². The first kappa shape index (κ1) is 18.7. The number of carbonyl (C=O) groups excluding carboxylic acids is 1. The summed E-state index contributed by atoms with van der Waals surface area (Å²) in [6.07, 6.45) is 4.51. The second-order valence-electron chi connectivity index (χ2n) is 6.57. The maximum Gasteiger partial charge on any atom is 0.226 e. The second-order valence-corrected chi connectivity index (χ2v) is 6.57.